The number of amides is 2. The van der Waals surface area contributed by atoms with E-state index in [1.54, 1.807) is 30.3 Å². The molecule has 0 aliphatic carbocycles. The first-order valence-electron chi connectivity index (χ1n) is 11.6. The van der Waals surface area contributed by atoms with E-state index in [0.29, 0.717) is 21.6 Å². The van der Waals surface area contributed by atoms with Crippen LogP contribution in [0.4, 0.5) is 5.69 Å². The summed E-state index contributed by atoms with van der Waals surface area (Å²) in [6.45, 7) is 3.55. The second kappa shape index (κ2) is 13.7. The van der Waals surface area contributed by atoms with Crippen LogP contribution >= 0.6 is 34.8 Å². The van der Waals surface area contributed by atoms with E-state index >= 15 is 0 Å². The topological polar surface area (TPSA) is 61.4 Å². The van der Waals surface area contributed by atoms with Crippen molar-refractivity contribution in [3.63, 3.8) is 0 Å². The van der Waals surface area contributed by atoms with Gasteiger partial charge in [0.2, 0.25) is 11.8 Å². The minimum Gasteiger partial charge on any atom is -0.353 e. The molecule has 0 saturated carbocycles. The Morgan fingerprint density at radius 3 is 2.38 bits per heavy atom. The van der Waals surface area contributed by atoms with Gasteiger partial charge in [-0.3, -0.25) is 9.59 Å². The Balaban J connectivity index is 1.24. The van der Waals surface area contributed by atoms with Crippen LogP contribution in [0.15, 0.2) is 48.5 Å². The molecule has 182 valence electrons. The van der Waals surface area contributed by atoms with Gasteiger partial charge >= 0.3 is 0 Å². The van der Waals surface area contributed by atoms with Gasteiger partial charge in [-0.15, -0.1) is 0 Å². The molecule has 0 spiro atoms. The Morgan fingerprint density at radius 2 is 1.68 bits per heavy atom. The molecule has 1 fully saturated rings. The number of carbonyl (C=O) groups excluding carboxylic acids is 2. The van der Waals surface area contributed by atoms with Crippen LogP contribution in [0.2, 0.25) is 15.1 Å². The number of rotatable bonds is 10. The molecule has 1 aliphatic rings. The van der Waals surface area contributed by atoms with Gasteiger partial charge in [-0.05, 0) is 93.4 Å². The molecule has 34 heavy (non-hydrogen) atoms. The fourth-order valence-corrected chi connectivity index (χ4v) is 4.32. The van der Waals surface area contributed by atoms with Crippen LogP contribution in [0.3, 0.4) is 0 Å². The molecule has 5 nitrogen and oxygen atoms in total. The number of nitrogens with zero attached hydrogens (tertiary/aromatic N) is 1. The molecule has 0 aromatic heterocycles. The summed E-state index contributed by atoms with van der Waals surface area (Å²) in [5.41, 5.74) is 1.62. The fraction of sp³-hybridized carbons (Fsp3) is 0.385. The molecular weight excluding hydrogens is 493 g/mol. The molecule has 0 unspecified atom stereocenters. The van der Waals surface area contributed by atoms with Crippen molar-refractivity contribution in [2.75, 3.05) is 31.5 Å². The van der Waals surface area contributed by atoms with Gasteiger partial charge in [0.05, 0.1) is 10.0 Å². The minimum absolute atomic E-state index is 0.0547. The Morgan fingerprint density at radius 1 is 0.941 bits per heavy atom. The Kier molecular flexibility index (Phi) is 10.7. The van der Waals surface area contributed by atoms with E-state index in [9.17, 15) is 9.59 Å². The van der Waals surface area contributed by atoms with Crippen LogP contribution in [0.5, 0.6) is 0 Å². The maximum atomic E-state index is 12.5. The van der Waals surface area contributed by atoms with E-state index in [2.05, 4.69) is 15.5 Å². The summed E-state index contributed by atoms with van der Waals surface area (Å²) < 4.78 is 0. The third-order valence-electron chi connectivity index (χ3n) is 5.89. The van der Waals surface area contributed by atoms with Crippen molar-refractivity contribution in [3.05, 3.63) is 69.2 Å². The monoisotopic (exact) mass is 521 g/mol. The largest absolute Gasteiger partial charge is 0.353 e. The molecule has 2 N–H and O–H groups in total. The van der Waals surface area contributed by atoms with Crippen molar-refractivity contribution in [1.29, 1.82) is 0 Å². The highest BCUT2D eigenvalue weighted by Crippen LogP contribution is 2.23. The molecule has 1 saturated heterocycles. The first-order valence-corrected chi connectivity index (χ1v) is 12.7. The van der Waals surface area contributed by atoms with E-state index in [1.165, 1.54) is 6.08 Å². The normalized spacial score (nSPS) is 14.9. The van der Waals surface area contributed by atoms with Crippen molar-refractivity contribution in [1.82, 2.24) is 10.2 Å². The third-order valence-corrected chi connectivity index (χ3v) is 6.88. The van der Waals surface area contributed by atoms with Gasteiger partial charge in [-0.2, -0.15) is 0 Å². The number of anilines is 1. The van der Waals surface area contributed by atoms with Crippen LogP contribution < -0.4 is 10.6 Å². The summed E-state index contributed by atoms with van der Waals surface area (Å²) in [6.07, 6.45) is 8.04. The maximum Gasteiger partial charge on any atom is 0.243 e. The van der Waals surface area contributed by atoms with E-state index in [4.69, 9.17) is 34.8 Å². The summed E-state index contributed by atoms with van der Waals surface area (Å²) in [5, 5.41) is 7.51. The van der Waals surface area contributed by atoms with E-state index in [0.717, 1.165) is 63.0 Å². The fourth-order valence-electron chi connectivity index (χ4n) is 3.89. The predicted molar refractivity (Wildman–Crippen MR) is 142 cm³/mol. The lowest BCUT2D eigenvalue weighted by Crippen LogP contribution is -2.38. The number of carbonyl (C=O) groups is 2. The summed E-state index contributed by atoms with van der Waals surface area (Å²) in [5.74, 6) is 0.0232. The van der Waals surface area contributed by atoms with E-state index < -0.39 is 0 Å². The van der Waals surface area contributed by atoms with Crippen LogP contribution in [0.25, 0.3) is 6.08 Å². The molecule has 0 bridgehead atoms. The lowest BCUT2D eigenvalue weighted by Gasteiger charge is -2.31. The number of benzene rings is 2. The lowest BCUT2D eigenvalue weighted by atomic mass is 9.95. The lowest BCUT2D eigenvalue weighted by molar-refractivity contribution is -0.121. The maximum absolute atomic E-state index is 12.5. The minimum atomic E-state index is -0.120. The highest BCUT2D eigenvalue weighted by Gasteiger charge is 2.24. The SMILES string of the molecule is O=C(/C=C/c1ccc(Cl)c(Cl)c1)NCCCCCN1CCC(C(=O)Nc2ccc(Cl)cc2)CC1. The quantitative estimate of drug-likeness (QED) is 0.284. The van der Waals surface area contributed by atoms with Gasteiger partial charge in [-0.25, -0.2) is 0 Å². The summed E-state index contributed by atoms with van der Waals surface area (Å²) >= 11 is 17.8. The molecule has 0 radical (unpaired) electrons. The molecule has 3 rings (SSSR count). The molecule has 1 aliphatic heterocycles. The predicted octanol–water partition coefficient (Wildman–Crippen LogP) is 6.30. The Labute approximate surface area is 216 Å². The molecule has 0 atom stereocenters. The van der Waals surface area contributed by atoms with Crippen LogP contribution in [0, 0.1) is 5.92 Å². The van der Waals surface area contributed by atoms with E-state index in [1.807, 2.05) is 18.2 Å². The molecule has 2 aromatic carbocycles. The van der Waals surface area contributed by atoms with Crippen molar-refractivity contribution >= 4 is 58.4 Å². The summed E-state index contributed by atoms with van der Waals surface area (Å²) in [6, 6.07) is 12.4. The van der Waals surface area contributed by atoms with Gasteiger partial charge in [0.25, 0.3) is 0 Å². The standard InChI is InChI=1S/C26H30Cl3N3O2/c27-21-6-8-22(9-7-21)31-26(34)20-12-16-32(17-13-20)15-3-1-2-14-30-25(33)11-5-19-4-10-23(28)24(29)18-19/h4-11,18,20H,1-3,12-17H2,(H,30,33)(H,31,34)/b11-5+. The summed E-state index contributed by atoms with van der Waals surface area (Å²) in [7, 11) is 0. The number of halogens is 3. The Bertz CT molecular complexity index is 987. The van der Waals surface area contributed by atoms with Crippen molar-refractivity contribution < 1.29 is 9.59 Å². The second-order valence-corrected chi connectivity index (χ2v) is 9.72. The number of hydrogen-bond donors (Lipinski definition) is 2. The second-order valence-electron chi connectivity index (χ2n) is 8.47. The van der Waals surface area contributed by atoms with Gasteiger partial charge < -0.3 is 15.5 Å². The highest BCUT2D eigenvalue weighted by atomic mass is 35.5. The molecule has 2 aromatic rings. The number of unbranched alkanes of at least 4 members (excludes halogenated alkanes) is 2. The molecule has 8 heteroatoms. The van der Waals surface area contributed by atoms with Crippen LogP contribution in [-0.4, -0.2) is 42.9 Å². The first-order chi connectivity index (χ1) is 16.4. The van der Waals surface area contributed by atoms with Crippen LogP contribution in [-0.2, 0) is 9.59 Å². The highest BCUT2D eigenvalue weighted by molar-refractivity contribution is 6.42. The third kappa shape index (κ3) is 8.95. The van der Waals surface area contributed by atoms with Gasteiger partial charge in [0.15, 0.2) is 0 Å². The van der Waals surface area contributed by atoms with Gasteiger partial charge in [0.1, 0.15) is 0 Å². The van der Waals surface area contributed by atoms with Gasteiger partial charge in [-0.1, -0.05) is 47.3 Å². The van der Waals surface area contributed by atoms with Crippen LogP contribution in [0.1, 0.15) is 37.7 Å². The zero-order chi connectivity index (χ0) is 24.3. The van der Waals surface area contributed by atoms with Gasteiger partial charge in [0, 0.05) is 29.2 Å². The number of piperidine rings is 1. The average molecular weight is 523 g/mol. The molecular formula is C26H30Cl3N3O2. The Hall–Kier alpha value is -2.05. The number of nitrogens with one attached hydrogen (secondary N) is 2. The number of likely N-dealkylation sites (tertiary alicyclic amines) is 1. The molecule has 1 heterocycles. The van der Waals surface area contributed by atoms with E-state index in [-0.39, 0.29) is 17.7 Å². The zero-order valence-electron chi connectivity index (χ0n) is 19.0. The molecule has 2 amide bonds. The first kappa shape index (κ1) is 26.6. The van der Waals surface area contributed by atoms with Crippen molar-refractivity contribution in [2.24, 2.45) is 5.92 Å². The average Bonchev–Trinajstić information content (AvgIpc) is 2.84. The summed E-state index contributed by atoms with van der Waals surface area (Å²) in [4.78, 5) is 26.9. The van der Waals surface area contributed by atoms with Crippen molar-refractivity contribution in [3.8, 4) is 0 Å². The smallest absolute Gasteiger partial charge is 0.243 e. The number of hydrogen-bond acceptors (Lipinski definition) is 3. The zero-order valence-corrected chi connectivity index (χ0v) is 21.3. The van der Waals surface area contributed by atoms with Crippen molar-refractivity contribution in [2.45, 2.75) is 32.1 Å².